The molecule has 194 valence electrons. The van der Waals surface area contributed by atoms with E-state index >= 15 is 0 Å². The highest BCUT2D eigenvalue weighted by molar-refractivity contribution is 6.30. The van der Waals surface area contributed by atoms with Crippen LogP contribution in [0.4, 0.5) is 0 Å². The fourth-order valence-electron chi connectivity index (χ4n) is 5.49. The Hall–Kier alpha value is -2.70. The Morgan fingerprint density at radius 3 is 2.54 bits per heavy atom. The maximum absolute atomic E-state index is 10.6. The molecule has 3 heterocycles. The van der Waals surface area contributed by atoms with E-state index in [-0.39, 0.29) is 12.0 Å². The summed E-state index contributed by atoms with van der Waals surface area (Å²) < 4.78 is 6.13. The lowest BCUT2D eigenvalue weighted by Gasteiger charge is -2.41. The van der Waals surface area contributed by atoms with Crippen LogP contribution in [0.5, 0.6) is 5.75 Å². The quantitative estimate of drug-likeness (QED) is 0.438. The third kappa shape index (κ3) is 5.46. The van der Waals surface area contributed by atoms with Gasteiger partial charge in [0.05, 0.1) is 17.9 Å². The van der Waals surface area contributed by atoms with Crippen LogP contribution in [0.3, 0.4) is 0 Å². The second kappa shape index (κ2) is 10.6. The third-order valence-electron chi connectivity index (χ3n) is 7.89. The predicted octanol–water partition coefficient (Wildman–Crippen LogP) is 5.70. The van der Waals surface area contributed by atoms with Crippen molar-refractivity contribution in [1.29, 1.82) is 0 Å². The number of hydrogen-bond acceptors (Lipinski definition) is 5. The van der Waals surface area contributed by atoms with Crippen LogP contribution in [0.1, 0.15) is 61.1 Å². The van der Waals surface area contributed by atoms with Gasteiger partial charge in [-0.15, -0.1) is 0 Å². The first-order valence-electron chi connectivity index (χ1n) is 13.0. The number of benzene rings is 2. The maximum atomic E-state index is 10.6. The fourth-order valence-corrected chi connectivity index (χ4v) is 5.62. The minimum Gasteiger partial charge on any atom is -0.487 e. The van der Waals surface area contributed by atoms with Crippen molar-refractivity contribution in [2.24, 2.45) is 0 Å². The first-order valence-corrected chi connectivity index (χ1v) is 13.4. The van der Waals surface area contributed by atoms with Gasteiger partial charge in [-0.2, -0.15) is 0 Å². The number of aliphatic hydroxyl groups is 2. The van der Waals surface area contributed by atoms with E-state index in [1.165, 1.54) is 5.56 Å². The van der Waals surface area contributed by atoms with Crippen molar-refractivity contribution in [3.63, 3.8) is 0 Å². The van der Waals surface area contributed by atoms with Gasteiger partial charge >= 0.3 is 0 Å². The molecule has 6 heteroatoms. The first-order chi connectivity index (χ1) is 17.8. The average molecular weight is 519 g/mol. The van der Waals surface area contributed by atoms with Crippen LogP contribution in [0.25, 0.3) is 5.57 Å². The molecule has 5 rings (SSSR count). The minimum absolute atomic E-state index is 0.149. The molecule has 0 unspecified atom stereocenters. The summed E-state index contributed by atoms with van der Waals surface area (Å²) in [5, 5.41) is 21.7. The van der Waals surface area contributed by atoms with Gasteiger partial charge in [0, 0.05) is 34.3 Å². The number of halogens is 1. The van der Waals surface area contributed by atoms with E-state index in [9.17, 15) is 10.2 Å². The van der Waals surface area contributed by atoms with Gasteiger partial charge < -0.3 is 19.8 Å². The van der Waals surface area contributed by atoms with Gasteiger partial charge in [-0.1, -0.05) is 41.9 Å². The number of rotatable bonds is 6. The Bertz CT molecular complexity index is 1270. The van der Waals surface area contributed by atoms with Gasteiger partial charge in [-0.3, -0.25) is 4.98 Å². The van der Waals surface area contributed by atoms with Crippen molar-refractivity contribution < 1.29 is 14.9 Å². The molecule has 1 fully saturated rings. The molecule has 1 saturated heterocycles. The predicted molar refractivity (Wildman–Crippen MR) is 148 cm³/mol. The molecule has 37 heavy (non-hydrogen) atoms. The molecule has 2 aromatic carbocycles. The van der Waals surface area contributed by atoms with Gasteiger partial charge in [-0.25, -0.2) is 0 Å². The van der Waals surface area contributed by atoms with E-state index in [1.54, 1.807) is 20.0 Å². The lowest BCUT2D eigenvalue weighted by molar-refractivity contribution is 0.0785. The Morgan fingerprint density at radius 2 is 1.84 bits per heavy atom. The zero-order valence-corrected chi connectivity index (χ0v) is 22.3. The van der Waals surface area contributed by atoms with Crippen LogP contribution in [-0.2, 0) is 17.6 Å². The fraction of sp³-hybridized carbons (Fsp3) is 0.387. The summed E-state index contributed by atoms with van der Waals surface area (Å²) in [7, 11) is 0. The Morgan fingerprint density at radius 1 is 1.08 bits per heavy atom. The number of pyridine rings is 1. The highest BCUT2D eigenvalue weighted by Gasteiger charge is 2.35. The van der Waals surface area contributed by atoms with Crippen molar-refractivity contribution in [3.05, 3.63) is 99.8 Å². The van der Waals surface area contributed by atoms with E-state index in [2.05, 4.69) is 34.2 Å². The van der Waals surface area contributed by atoms with Gasteiger partial charge in [0.25, 0.3) is 0 Å². The number of piperidine rings is 1. The van der Waals surface area contributed by atoms with Crippen LogP contribution in [0, 0.1) is 0 Å². The largest absolute Gasteiger partial charge is 0.487 e. The normalized spacial score (nSPS) is 18.6. The number of hydrogen-bond donors (Lipinski definition) is 2. The average Bonchev–Trinajstić information content (AvgIpc) is 3.06. The molecule has 1 aromatic heterocycles. The molecule has 0 amide bonds. The first kappa shape index (κ1) is 25.9. The van der Waals surface area contributed by atoms with Crippen molar-refractivity contribution in [2.75, 3.05) is 26.2 Å². The number of nitrogens with zero attached hydrogens (tertiary/aromatic N) is 2. The molecule has 2 aliphatic rings. The molecule has 0 saturated carbocycles. The lowest BCUT2D eigenvalue weighted by atomic mass is 9.73. The molecule has 5 nitrogen and oxygen atoms in total. The van der Waals surface area contributed by atoms with Gasteiger partial charge in [0.15, 0.2) is 0 Å². The van der Waals surface area contributed by atoms with E-state index in [4.69, 9.17) is 16.3 Å². The van der Waals surface area contributed by atoms with Crippen LogP contribution in [0.15, 0.2) is 66.9 Å². The number of aliphatic hydroxyl groups excluding tert-OH is 1. The topological polar surface area (TPSA) is 65.8 Å². The lowest BCUT2D eigenvalue weighted by Crippen LogP contribution is -2.44. The van der Waals surface area contributed by atoms with Gasteiger partial charge in [0.1, 0.15) is 12.4 Å². The monoisotopic (exact) mass is 518 g/mol. The summed E-state index contributed by atoms with van der Waals surface area (Å²) in [5.41, 5.74) is 4.97. The standard InChI is InChI=1S/C31H35ClN2O3/c1-30(2,36)23-9-12-29-27(19-23)25(26-5-3-15-33-28(26)20-37-29)6-4-16-34-17-13-31(21-35,14-18-34)22-7-10-24(32)11-8-22/h3,5-12,15,19,35-36H,4,13-14,16-18,20-21H2,1-2H3/b25-6+. The maximum Gasteiger partial charge on any atom is 0.131 e. The molecule has 2 aliphatic heterocycles. The summed E-state index contributed by atoms with van der Waals surface area (Å²) >= 11 is 6.09. The summed E-state index contributed by atoms with van der Waals surface area (Å²) in [6, 6.07) is 17.9. The Kier molecular flexibility index (Phi) is 7.42. The SMILES string of the molecule is CC(C)(O)c1ccc2c(c1)/C(=C/CCN1CCC(CO)(c3ccc(Cl)cc3)CC1)c1cccnc1CO2. The van der Waals surface area contributed by atoms with E-state index in [1.807, 2.05) is 36.4 Å². The molecule has 0 bridgehead atoms. The van der Waals surface area contributed by atoms with E-state index in [0.29, 0.717) is 6.61 Å². The second-order valence-corrected chi connectivity index (χ2v) is 11.2. The van der Waals surface area contributed by atoms with Crippen LogP contribution < -0.4 is 4.74 Å². The minimum atomic E-state index is -0.943. The zero-order valence-electron chi connectivity index (χ0n) is 21.6. The molecule has 0 radical (unpaired) electrons. The van der Waals surface area contributed by atoms with Crippen molar-refractivity contribution in [3.8, 4) is 5.75 Å². The van der Waals surface area contributed by atoms with E-state index in [0.717, 1.165) is 77.6 Å². The molecule has 3 aromatic rings. The van der Waals surface area contributed by atoms with Crippen molar-refractivity contribution >= 4 is 17.2 Å². The molecule has 2 N–H and O–H groups in total. The molecule has 0 atom stereocenters. The summed E-state index contributed by atoms with van der Waals surface area (Å²) in [6.45, 7) is 6.98. The molecule has 0 aliphatic carbocycles. The van der Waals surface area contributed by atoms with Gasteiger partial charge in [-0.05, 0) is 93.2 Å². The Balaban J connectivity index is 1.35. The highest BCUT2D eigenvalue weighted by Crippen LogP contribution is 2.39. The van der Waals surface area contributed by atoms with Crippen molar-refractivity contribution in [2.45, 2.75) is 50.7 Å². The second-order valence-electron chi connectivity index (χ2n) is 10.7. The van der Waals surface area contributed by atoms with Gasteiger partial charge in [0.2, 0.25) is 0 Å². The zero-order chi connectivity index (χ0) is 26.0. The molecule has 0 spiro atoms. The van der Waals surface area contributed by atoms with Crippen molar-refractivity contribution in [1.82, 2.24) is 9.88 Å². The van der Waals surface area contributed by atoms with Crippen LogP contribution in [0.2, 0.25) is 5.02 Å². The number of likely N-dealkylation sites (tertiary alicyclic amines) is 1. The smallest absolute Gasteiger partial charge is 0.131 e. The molecular formula is C31H35ClN2O3. The summed E-state index contributed by atoms with van der Waals surface area (Å²) in [5.74, 6) is 0.811. The van der Waals surface area contributed by atoms with Crippen LogP contribution >= 0.6 is 11.6 Å². The summed E-state index contributed by atoms with van der Waals surface area (Å²) in [6.07, 6.45) is 6.80. The molecular weight excluding hydrogens is 484 g/mol. The number of fused-ring (bicyclic) bond motifs is 2. The Labute approximate surface area is 224 Å². The number of ether oxygens (including phenoxy) is 1. The highest BCUT2D eigenvalue weighted by atomic mass is 35.5. The third-order valence-corrected chi connectivity index (χ3v) is 8.14. The number of aromatic nitrogens is 1. The van der Waals surface area contributed by atoms with Crippen LogP contribution in [-0.4, -0.2) is 46.3 Å². The van der Waals surface area contributed by atoms with E-state index < -0.39 is 5.60 Å². The summed E-state index contributed by atoms with van der Waals surface area (Å²) in [4.78, 5) is 7.06.